The first-order valence-electron chi connectivity index (χ1n) is 16.0. The molecule has 0 fully saturated rings. The third-order valence-corrected chi connectivity index (χ3v) is 8.55. The maximum Gasteiger partial charge on any atom is 0.488 e. The lowest BCUT2D eigenvalue weighted by molar-refractivity contribution is 0.0655. The van der Waals surface area contributed by atoms with Gasteiger partial charge in [0.25, 0.3) is 0 Å². The fourth-order valence-corrected chi connectivity index (χ4v) is 5.79. The molecule has 4 N–H and O–H groups in total. The van der Waals surface area contributed by atoms with Crippen LogP contribution in [-0.2, 0) is 0 Å². The van der Waals surface area contributed by atoms with Crippen molar-refractivity contribution in [2.75, 3.05) is 0 Å². The molecular formula is C44H38BBrO8. The van der Waals surface area contributed by atoms with Crippen LogP contribution >= 0.6 is 15.9 Å². The summed E-state index contributed by atoms with van der Waals surface area (Å²) < 4.78 is 11.3. The third kappa shape index (κ3) is 10.0. The molecule has 2 aromatic heterocycles. The Morgan fingerprint density at radius 1 is 0.463 bits per heavy atom. The van der Waals surface area contributed by atoms with Gasteiger partial charge < -0.3 is 29.1 Å². The summed E-state index contributed by atoms with van der Waals surface area (Å²) >= 11 is 3.29. The van der Waals surface area contributed by atoms with E-state index in [0.29, 0.717) is 16.6 Å². The third-order valence-electron chi connectivity index (χ3n) is 8.06. The normalized spacial score (nSPS) is 10.1. The highest BCUT2D eigenvalue weighted by atomic mass is 79.9. The highest BCUT2D eigenvalue weighted by Crippen LogP contribution is 2.29. The zero-order valence-corrected chi connectivity index (χ0v) is 29.0. The monoisotopic (exact) mass is 784 g/mol. The van der Waals surface area contributed by atoms with E-state index in [1.165, 1.54) is 11.6 Å². The highest BCUT2D eigenvalue weighted by molar-refractivity contribution is 9.10. The second kappa shape index (κ2) is 18.5. The molecular weight excluding hydrogens is 747 g/mol. The number of aromatic carboxylic acids is 2. The van der Waals surface area contributed by atoms with Crippen molar-refractivity contribution in [1.29, 1.82) is 0 Å². The Morgan fingerprint density at radius 3 is 1.28 bits per heavy atom. The van der Waals surface area contributed by atoms with Crippen molar-refractivity contribution in [1.82, 2.24) is 0 Å². The Kier molecular flexibility index (Phi) is 13.9. The van der Waals surface area contributed by atoms with Gasteiger partial charge in [-0.1, -0.05) is 146 Å². The van der Waals surface area contributed by atoms with E-state index in [2.05, 4.69) is 52.3 Å². The number of rotatable bonds is 6. The molecule has 54 heavy (non-hydrogen) atoms. The second-order valence-electron chi connectivity index (χ2n) is 11.6. The number of carboxylic acids is 2. The van der Waals surface area contributed by atoms with Gasteiger partial charge >= 0.3 is 19.1 Å². The van der Waals surface area contributed by atoms with Gasteiger partial charge in [0.15, 0.2) is 0 Å². The molecule has 0 aliphatic rings. The molecule has 8 aromatic rings. The topological polar surface area (TPSA) is 141 Å². The Labute approximate surface area is 321 Å². The number of hydrogen-bond acceptors (Lipinski definition) is 6. The number of furan rings is 2. The van der Waals surface area contributed by atoms with Gasteiger partial charge in [0.05, 0.1) is 0 Å². The first kappa shape index (κ1) is 40.6. The number of carboxylic acid groups (broad SMARTS) is 2. The molecule has 0 aliphatic carbocycles. The van der Waals surface area contributed by atoms with E-state index in [1.54, 1.807) is 30.3 Å². The van der Waals surface area contributed by atoms with E-state index >= 15 is 0 Å². The van der Waals surface area contributed by atoms with Gasteiger partial charge in [-0.25, -0.2) is 9.59 Å². The lowest BCUT2D eigenvalue weighted by Crippen LogP contribution is -2.29. The summed E-state index contributed by atoms with van der Waals surface area (Å²) in [6.45, 7) is 0. The van der Waals surface area contributed by atoms with Crippen molar-refractivity contribution in [3.05, 3.63) is 174 Å². The van der Waals surface area contributed by atoms with Crippen molar-refractivity contribution in [2.45, 2.75) is 14.9 Å². The molecule has 8 nitrogen and oxygen atoms in total. The maximum atomic E-state index is 11.0. The lowest BCUT2D eigenvalue weighted by Gasteiger charge is -2.05. The van der Waals surface area contributed by atoms with Crippen molar-refractivity contribution < 1.29 is 38.7 Å². The summed E-state index contributed by atoms with van der Waals surface area (Å²) in [5, 5.41) is 37.1. The quantitative estimate of drug-likeness (QED) is 0.122. The number of halogens is 1. The molecule has 10 heteroatoms. The minimum absolute atomic E-state index is 0. The molecule has 0 spiro atoms. The van der Waals surface area contributed by atoms with Crippen molar-refractivity contribution >= 4 is 62.4 Å². The Bertz CT molecular complexity index is 2440. The number of carbonyl (C=O) groups is 2. The molecule has 0 bridgehead atoms. The first-order valence-corrected chi connectivity index (χ1v) is 16.8. The summed E-state index contributed by atoms with van der Waals surface area (Å²) in [5.41, 5.74) is 8.32. The zero-order valence-electron chi connectivity index (χ0n) is 27.4. The standard InChI is InChI=1S/C21H14O3.C12H11BO2.C9H5BrO3.2CH4/c22-21(23)20-13-18-12-17(10-11-19(18)24-20)16-8-6-15(7-9-16)14-4-2-1-3-5-14;14-13(15)12-8-6-11(7-9-12)10-4-2-1-3-5-10;10-6-1-2-7-5(3-6)4-8(13-7)9(11)12;;/h1-13H,(H,22,23);1-9,14-15H;1-4H,(H,11,12);2*1H4. The fraction of sp³-hybridized carbons (Fsp3) is 0.0455. The fourth-order valence-electron chi connectivity index (χ4n) is 5.41. The second-order valence-corrected chi connectivity index (χ2v) is 12.5. The molecule has 2 heterocycles. The van der Waals surface area contributed by atoms with Gasteiger partial charge in [-0.2, -0.15) is 0 Å². The molecule has 0 saturated carbocycles. The Hall–Kier alpha value is -6.20. The summed E-state index contributed by atoms with van der Waals surface area (Å²) in [6, 6.07) is 49.8. The predicted molar refractivity (Wildman–Crippen MR) is 220 cm³/mol. The van der Waals surface area contributed by atoms with Crippen LogP contribution in [0.15, 0.2) is 171 Å². The Morgan fingerprint density at radius 2 is 0.833 bits per heavy atom. The highest BCUT2D eigenvalue weighted by Gasteiger charge is 2.12. The smallest absolute Gasteiger partial charge is 0.475 e. The Balaban J connectivity index is 0.000000188. The van der Waals surface area contributed by atoms with Crippen LogP contribution in [0, 0.1) is 0 Å². The van der Waals surface area contributed by atoms with Gasteiger partial charge in [-0.05, 0) is 81.3 Å². The van der Waals surface area contributed by atoms with Gasteiger partial charge in [-0.3, -0.25) is 0 Å². The minimum atomic E-state index is -1.39. The molecule has 0 unspecified atom stereocenters. The number of hydrogen-bond donors (Lipinski definition) is 4. The number of fused-ring (bicyclic) bond motifs is 2. The largest absolute Gasteiger partial charge is 0.488 e. The van der Waals surface area contributed by atoms with E-state index in [0.717, 1.165) is 43.1 Å². The molecule has 6 aromatic carbocycles. The van der Waals surface area contributed by atoms with Gasteiger partial charge in [0.1, 0.15) is 11.2 Å². The summed E-state index contributed by atoms with van der Waals surface area (Å²) in [6.07, 6.45) is 0. The maximum absolute atomic E-state index is 11.0. The van der Waals surface area contributed by atoms with Crippen LogP contribution < -0.4 is 5.46 Å². The lowest BCUT2D eigenvalue weighted by atomic mass is 9.80. The summed E-state index contributed by atoms with van der Waals surface area (Å²) in [7, 11) is -1.39. The minimum Gasteiger partial charge on any atom is -0.475 e. The summed E-state index contributed by atoms with van der Waals surface area (Å²) in [4.78, 5) is 21.6. The van der Waals surface area contributed by atoms with E-state index in [9.17, 15) is 9.59 Å². The van der Waals surface area contributed by atoms with Crippen LogP contribution in [0.1, 0.15) is 36.0 Å². The molecule has 0 aliphatic heterocycles. The van der Waals surface area contributed by atoms with E-state index < -0.39 is 19.1 Å². The molecule has 0 radical (unpaired) electrons. The van der Waals surface area contributed by atoms with E-state index in [-0.39, 0.29) is 26.4 Å². The molecule has 272 valence electrons. The van der Waals surface area contributed by atoms with Crippen LogP contribution in [0.4, 0.5) is 0 Å². The van der Waals surface area contributed by atoms with Crippen molar-refractivity contribution in [3.63, 3.8) is 0 Å². The average Bonchev–Trinajstić information content (AvgIpc) is 3.81. The number of benzene rings is 6. The van der Waals surface area contributed by atoms with Crippen LogP contribution in [0.2, 0.25) is 0 Å². The van der Waals surface area contributed by atoms with Crippen molar-refractivity contribution in [2.24, 2.45) is 0 Å². The summed E-state index contributed by atoms with van der Waals surface area (Å²) in [5.74, 6) is -2.18. The zero-order chi connectivity index (χ0) is 36.6. The molecule has 8 rings (SSSR count). The average molecular weight is 785 g/mol. The van der Waals surface area contributed by atoms with Gasteiger partial charge in [-0.15, -0.1) is 0 Å². The van der Waals surface area contributed by atoms with Crippen LogP contribution in [0.3, 0.4) is 0 Å². The van der Waals surface area contributed by atoms with Gasteiger partial charge in [0, 0.05) is 15.2 Å². The predicted octanol–water partition coefficient (Wildman–Crippen LogP) is 10.7. The van der Waals surface area contributed by atoms with Gasteiger partial charge in [0.2, 0.25) is 11.5 Å². The van der Waals surface area contributed by atoms with Crippen LogP contribution in [-0.4, -0.2) is 39.3 Å². The first-order chi connectivity index (χ1) is 25.1. The molecule has 0 atom stereocenters. The molecule has 0 amide bonds. The van der Waals surface area contributed by atoms with Crippen LogP contribution in [0.5, 0.6) is 0 Å². The van der Waals surface area contributed by atoms with E-state index in [1.807, 2.05) is 84.9 Å². The van der Waals surface area contributed by atoms with E-state index in [4.69, 9.17) is 29.1 Å². The molecule has 0 saturated heterocycles. The van der Waals surface area contributed by atoms with Crippen LogP contribution in [0.25, 0.3) is 55.3 Å². The van der Waals surface area contributed by atoms with Crippen molar-refractivity contribution in [3.8, 4) is 33.4 Å². The SMILES string of the molecule is C.C.O=C(O)c1cc2cc(-c3ccc(-c4ccccc4)cc3)ccc2o1.O=C(O)c1cc2cc(Br)ccc2o1.OB(O)c1ccc(-c2ccccc2)cc1.